The van der Waals surface area contributed by atoms with Crippen LogP contribution in [0.2, 0.25) is 5.02 Å². The molecule has 4 rings (SSSR count). The molecule has 134 valence electrons. The minimum atomic E-state index is -1.06. The van der Waals surface area contributed by atoms with Crippen molar-refractivity contribution in [3.05, 3.63) is 82.8 Å². The number of halogens is 1. The van der Waals surface area contributed by atoms with Gasteiger partial charge in [-0.15, -0.1) is 0 Å². The van der Waals surface area contributed by atoms with Crippen LogP contribution in [0, 0.1) is 6.92 Å². The summed E-state index contributed by atoms with van der Waals surface area (Å²) in [6.07, 6.45) is 0. The van der Waals surface area contributed by atoms with Gasteiger partial charge in [-0.25, -0.2) is 14.8 Å². The maximum atomic E-state index is 11.2. The summed E-state index contributed by atoms with van der Waals surface area (Å²) < 4.78 is 1.88. The van der Waals surface area contributed by atoms with E-state index in [9.17, 15) is 9.90 Å². The molecule has 0 aliphatic heterocycles. The first-order valence-corrected chi connectivity index (χ1v) is 8.82. The van der Waals surface area contributed by atoms with Gasteiger partial charge in [0.15, 0.2) is 11.3 Å². The Morgan fingerprint density at radius 1 is 1.04 bits per heavy atom. The van der Waals surface area contributed by atoms with Crippen LogP contribution in [0.25, 0.3) is 22.3 Å². The Morgan fingerprint density at radius 2 is 1.81 bits per heavy atom. The number of carboxylic acid groups (broad SMARTS) is 1. The van der Waals surface area contributed by atoms with Crippen molar-refractivity contribution < 1.29 is 9.90 Å². The van der Waals surface area contributed by atoms with Crippen LogP contribution >= 0.6 is 11.6 Å². The van der Waals surface area contributed by atoms with Gasteiger partial charge in [0, 0.05) is 5.02 Å². The van der Waals surface area contributed by atoms with Gasteiger partial charge in [-0.05, 0) is 41.8 Å². The molecule has 0 spiro atoms. The molecule has 0 radical (unpaired) electrons. The van der Waals surface area contributed by atoms with E-state index in [1.807, 2.05) is 60.0 Å². The zero-order chi connectivity index (χ0) is 19.0. The lowest BCUT2D eigenvalue weighted by Gasteiger charge is -2.10. The van der Waals surface area contributed by atoms with Gasteiger partial charge >= 0.3 is 5.97 Å². The predicted molar refractivity (Wildman–Crippen MR) is 105 cm³/mol. The number of nitrogens with zero attached hydrogens (tertiary/aromatic N) is 3. The fourth-order valence-corrected chi connectivity index (χ4v) is 3.32. The molecule has 0 saturated carbocycles. The molecule has 6 heteroatoms. The van der Waals surface area contributed by atoms with Crippen LogP contribution in [0.1, 0.15) is 21.9 Å². The van der Waals surface area contributed by atoms with Gasteiger partial charge in [0.1, 0.15) is 11.3 Å². The molecule has 2 aromatic heterocycles. The van der Waals surface area contributed by atoms with E-state index in [0.717, 1.165) is 22.5 Å². The van der Waals surface area contributed by atoms with Crippen LogP contribution in [0.4, 0.5) is 0 Å². The van der Waals surface area contributed by atoms with E-state index >= 15 is 0 Å². The van der Waals surface area contributed by atoms with Crippen molar-refractivity contribution in [3.63, 3.8) is 0 Å². The van der Waals surface area contributed by atoms with E-state index in [0.29, 0.717) is 22.7 Å². The highest BCUT2D eigenvalue weighted by atomic mass is 35.5. The van der Waals surface area contributed by atoms with Crippen molar-refractivity contribution in [2.24, 2.45) is 0 Å². The van der Waals surface area contributed by atoms with Crippen molar-refractivity contribution in [2.45, 2.75) is 13.5 Å². The van der Waals surface area contributed by atoms with Crippen LogP contribution in [0.5, 0.6) is 0 Å². The van der Waals surface area contributed by atoms with E-state index in [4.69, 9.17) is 11.6 Å². The van der Waals surface area contributed by atoms with Gasteiger partial charge in [0.2, 0.25) is 0 Å². The molecule has 0 bridgehead atoms. The molecular formula is C21H16ClN3O2. The van der Waals surface area contributed by atoms with Crippen molar-refractivity contribution in [3.8, 4) is 11.1 Å². The number of carboxylic acids is 1. The number of aromatic nitrogens is 3. The molecule has 1 N–H and O–H groups in total. The third-order valence-electron chi connectivity index (χ3n) is 4.49. The molecule has 0 fully saturated rings. The van der Waals surface area contributed by atoms with Crippen LogP contribution in [0.15, 0.2) is 60.7 Å². The van der Waals surface area contributed by atoms with E-state index in [1.54, 1.807) is 6.07 Å². The van der Waals surface area contributed by atoms with E-state index in [-0.39, 0.29) is 5.69 Å². The number of pyridine rings is 1. The minimum Gasteiger partial charge on any atom is -0.477 e. The second-order valence-corrected chi connectivity index (χ2v) is 6.67. The Labute approximate surface area is 160 Å². The van der Waals surface area contributed by atoms with E-state index in [1.165, 1.54) is 6.07 Å². The maximum absolute atomic E-state index is 11.2. The van der Waals surface area contributed by atoms with E-state index < -0.39 is 5.97 Å². The molecule has 2 aromatic carbocycles. The quantitative estimate of drug-likeness (QED) is 0.554. The molecule has 0 amide bonds. The van der Waals surface area contributed by atoms with Crippen molar-refractivity contribution in [2.75, 3.05) is 0 Å². The van der Waals surface area contributed by atoms with Gasteiger partial charge in [-0.3, -0.25) is 0 Å². The number of carbonyl (C=O) groups is 1. The summed E-state index contributed by atoms with van der Waals surface area (Å²) >= 11 is 6.53. The Bertz CT molecular complexity index is 1150. The highest BCUT2D eigenvalue weighted by Gasteiger charge is 2.14. The largest absolute Gasteiger partial charge is 0.477 e. The molecule has 0 atom stereocenters. The van der Waals surface area contributed by atoms with Crippen LogP contribution < -0.4 is 0 Å². The second-order valence-electron chi connectivity index (χ2n) is 6.26. The standard InChI is InChI=1S/C21H16ClN3O2/c1-13-23-18-9-10-19(21(26)27)24-20(18)25(13)12-16-8-7-15(11-17(16)22)14-5-3-2-4-6-14/h2-11H,12H2,1H3,(H,26,27). The number of benzene rings is 2. The molecule has 2 heterocycles. The number of imidazole rings is 1. The predicted octanol–water partition coefficient (Wildman–Crippen LogP) is 4.81. The van der Waals surface area contributed by atoms with Crippen LogP contribution in [-0.2, 0) is 6.54 Å². The zero-order valence-corrected chi connectivity index (χ0v) is 15.3. The third-order valence-corrected chi connectivity index (χ3v) is 4.84. The van der Waals surface area contributed by atoms with Gasteiger partial charge < -0.3 is 9.67 Å². The Hall–Kier alpha value is -3.18. The lowest BCUT2D eigenvalue weighted by Crippen LogP contribution is -2.06. The fourth-order valence-electron chi connectivity index (χ4n) is 3.08. The third kappa shape index (κ3) is 3.29. The van der Waals surface area contributed by atoms with Gasteiger partial charge in [0.05, 0.1) is 6.54 Å². The summed E-state index contributed by atoms with van der Waals surface area (Å²) in [6.45, 7) is 2.33. The minimum absolute atomic E-state index is 0.00540. The van der Waals surface area contributed by atoms with Crippen molar-refractivity contribution in [1.82, 2.24) is 14.5 Å². The first kappa shape index (κ1) is 17.2. The Balaban J connectivity index is 1.73. The number of rotatable bonds is 4. The van der Waals surface area contributed by atoms with Crippen molar-refractivity contribution in [1.29, 1.82) is 0 Å². The number of hydrogen-bond donors (Lipinski definition) is 1. The van der Waals surface area contributed by atoms with E-state index in [2.05, 4.69) is 9.97 Å². The first-order chi connectivity index (χ1) is 13.0. The summed E-state index contributed by atoms with van der Waals surface area (Å²) in [7, 11) is 0. The molecule has 0 saturated heterocycles. The molecular weight excluding hydrogens is 362 g/mol. The van der Waals surface area contributed by atoms with Gasteiger partial charge in [-0.2, -0.15) is 0 Å². The molecule has 0 aliphatic carbocycles. The monoisotopic (exact) mass is 377 g/mol. The Morgan fingerprint density at radius 3 is 2.52 bits per heavy atom. The maximum Gasteiger partial charge on any atom is 0.354 e. The summed E-state index contributed by atoms with van der Waals surface area (Å²) in [5.74, 6) is -0.309. The zero-order valence-electron chi connectivity index (χ0n) is 14.6. The number of aromatic carboxylic acids is 1. The summed E-state index contributed by atoms with van der Waals surface area (Å²) in [4.78, 5) is 19.9. The smallest absolute Gasteiger partial charge is 0.354 e. The number of hydrogen-bond acceptors (Lipinski definition) is 3. The number of aryl methyl sites for hydroxylation is 1. The number of fused-ring (bicyclic) bond motifs is 1. The molecule has 4 aromatic rings. The van der Waals surface area contributed by atoms with Gasteiger partial charge in [-0.1, -0.05) is 54.1 Å². The van der Waals surface area contributed by atoms with Crippen LogP contribution in [-0.4, -0.2) is 25.6 Å². The molecule has 0 aliphatic rings. The van der Waals surface area contributed by atoms with Gasteiger partial charge in [0.25, 0.3) is 0 Å². The average Bonchev–Trinajstić information content (AvgIpc) is 2.98. The SMILES string of the molecule is Cc1nc2ccc(C(=O)O)nc2n1Cc1ccc(-c2ccccc2)cc1Cl. The Kier molecular flexibility index (Phi) is 4.38. The molecule has 0 unspecified atom stereocenters. The fraction of sp³-hybridized carbons (Fsp3) is 0.0952. The summed E-state index contributed by atoms with van der Waals surface area (Å²) in [5, 5.41) is 9.85. The first-order valence-electron chi connectivity index (χ1n) is 8.44. The topological polar surface area (TPSA) is 68.0 Å². The molecule has 27 heavy (non-hydrogen) atoms. The lowest BCUT2D eigenvalue weighted by atomic mass is 10.0. The highest BCUT2D eigenvalue weighted by molar-refractivity contribution is 6.31. The lowest BCUT2D eigenvalue weighted by molar-refractivity contribution is 0.0691. The summed E-state index contributed by atoms with van der Waals surface area (Å²) in [6, 6.07) is 19.1. The highest BCUT2D eigenvalue weighted by Crippen LogP contribution is 2.27. The molecule has 5 nitrogen and oxygen atoms in total. The van der Waals surface area contributed by atoms with Crippen molar-refractivity contribution >= 4 is 28.7 Å². The van der Waals surface area contributed by atoms with Crippen LogP contribution in [0.3, 0.4) is 0 Å². The summed E-state index contributed by atoms with van der Waals surface area (Å²) in [5.41, 5.74) is 4.26. The average molecular weight is 378 g/mol. The second kappa shape index (κ2) is 6.85. The normalized spacial score (nSPS) is 11.0.